The number of rotatable bonds is 4. The first-order chi connectivity index (χ1) is 8.65. The Morgan fingerprint density at radius 1 is 1.44 bits per heavy atom. The van der Waals surface area contributed by atoms with Crippen LogP contribution >= 0.6 is 23.1 Å². The predicted octanol–water partition coefficient (Wildman–Crippen LogP) is 2.42. The number of nitrogens with one attached hydrogen (secondary N) is 1. The molecule has 1 heterocycles. The molecule has 0 bridgehead atoms. The van der Waals surface area contributed by atoms with Crippen molar-refractivity contribution in [2.24, 2.45) is 0 Å². The van der Waals surface area contributed by atoms with E-state index in [-0.39, 0.29) is 11.8 Å². The predicted molar refractivity (Wildman–Crippen MR) is 71.9 cm³/mol. The average molecular weight is 282 g/mol. The molecule has 0 aliphatic rings. The largest absolute Gasteiger partial charge is 0.341 e. The average Bonchev–Trinajstić information content (AvgIpc) is 2.93. The summed E-state index contributed by atoms with van der Waals surface area (Å²) in [7, 11) is 0. The van der Waals surface area contributed by atoms with Crippen LogP contribution < -0.4 is 5.32 Å². The molecule has 0 radical (unpaired) electrons. The zero-order valence-corrected chi connectivity index (χ0v) is 11.3. The quantitative estimate of drug-likeness (QED) is 0.876. The molecule has 1 N–H and O–H groups in total. The summed E-state index contributed by atoms with van der Waals surface area (Å²) in [6.45, 7) is 1.89. The first-order valence-electron chi connectivity index (χ1n) is 5.37. The number of aromatic nitrogens is 2. The molecule has 0 aliphatic heterocycles. The molecule has 0 fully saturated rings. The molecule has 94 valence electrons. The zero-order chi connectivity index (χ0) is 13.0. The van der Waals surface area contributed by atoms with Crippen LogP contribution in [0.3, 0.4) is 0 Å². The highest BCUT2D eigenvalue weighted by molar-refractivity contribution is 7.07. The number of benzene rings is 1. The third-order valence-electron chi connectivity index (χ3n) is 2.65. The normalized spacial score (nSPS) is 13.9. The summed E-state index contributed by atoms with van der Waals surface area (Å²) >= 11 is 7.07. The second kappa shape index (κ2) is 5.46. The van der Waals surface area contributed by atoms with Gasteiger partial charge >= 0.3 is 0 Å². The summed E-state index contributed by atoms with van der Waals surface area (Å²) in [4.78, 5) is 12.5. The Kier molecular flexibility index (Phi) is 3.93. The second-order valence-electron chi connectivity index (χ2n) is 4.07. The molecule has 1 aromatic carbocycles. The lowest BCUT2D eigenvalue weighted by Gasteiger charge is -2.28. The topological polar surface area (TPSA) is 54.9 Å². The van der Waals surface area contributed by atoms with Crippen molar-refractivity contribution < 1.29 is 4.79 Å². The van der Waals surface area contributed by atoms with E-state index in [0.717, 1.165) is 17.1 Å². The number of carbonyl (C=O) groups excluding carboxylic acids is 1. The smallest absolute Gasteiger partial charge is 0.265 e. The van der Waals surface area contributed by atoms with Crippen LogP contribution in [-0.4, -0.2) is 21.4 Å². The summed E-state index contributed by atoms with van der Waals surface area (Å²) in [6, 6.07) is 9.63. The molecule has 1 atom stereocenters. The van der Waals surface area contributed by atoms with Gasteiger partial charge in [-0.25, -0.2) is 0 Å². The van der Waals surface area contributed by atoms with Gasteiger partial charge in [-0.2, -0.15) is 0 Å². The van der Waals surface area contributed by atoms with Crippen molar-refractivity contribution in [3.63, 3.8) is 0 Å². The SMILES string of the molecule is CC(CCl)(NC(=O)c1cnns1)c1ccccc1. The van der Waals surface area contributed by atoms with Gasteiger partial charge in [-0.15, -0.1) is 16.7 Å². The van der Waals surface area contributed by atoms with Gasteiger partial charge in [-0.3, -0.25) is 4.79 Å². The first-order valence-corrected chi connectivity index (χ1v) is 6.68. The number of halogens is 1. The fourth-order valence-corrected chi connectivity index (χ4v) is 2.20. The van der Waals surface area contributed by atoms with Crippen LogP contribution in [0.1, 0.15) is 22.2 Å². The van der Waals surface area contributed by atoms with Crippen LogP contribution in [0, 0.1) is 0 Å². The van der Waals surface area contributed by atoms with Gasteiger partial charge in [0.15, 0.2) is 0 Å². The van der Waals surface area contributed by atoms with Gasteiger partial charge in [0, 0.05) is 5.88 Å². The third kappa shape index (κ3) is 2.68. The Hall–Kier alpha value is -1.46. The third-order valence-corrected chi connectivity index (χ3v) is 3.85. The van der Waals surface area contributed by atoms with Crippen LogP contribution in [0.5, 0.6) is 0 Å². The molecule has 0 aliphatic carbocycles. The van der Waals surface area contributed by atoms with Gasteiger partial charge in [-0.1, -0.05) is 34.8 Å². The minimum absolute atomic E-state index is 0.211. The van der Waals surface area contributed by atoms with Gasteiger partial charge in [0.05, 0.1) is 11.7 Å². The monoisotopic (exact) mass is 281 g/mol. The molecule has 0 spiro atoms. The lowest BCUT2D eigenvalue weighted by molar-refractivity contribution is 0.0917. The Labute approximate surface area is 114 Å². The molecule has 1 aromatic heterocycles. The number of hydrogen-bond acceptors (Lipinski definition) is 4. The zero-order valence-electron chi connectivity index (χ0n) is 9.76. The number of amides is 1. The van der Waals surface area contributed by atoms with Gasteiger partial charge in [0.1, 0.15) is 4.88 Å². The van der Waals surface area contributed by atoms with E-state index < -0.39 is 5.54 Å². The van der Waals surface area contributed by atoms with E-state index in [2.05, 4.69) is 14.9 Å². The highest BCUT2D eigenvalue weighted by Gasteiger charge is 2.28. The molecule has 0 saturated heterocycles. The van der Waals surface area contributed by atoms with Gasteiger partial charge in [0.2, 0.25) is 0 Å². The van der Waals surface area contributed by atoms with Crippen molar-refractivity contribution in [1.82, 2.24) is 14.9 Å². The van der Waals surface area contributed by atoms with E-state index in [0.29, 0.717) is 4.88 Å². The molecular formula is C12H12ClN3OS. The second-order valence-corrected chi connectivity index (χ2v) is 5.12. The summed E-state index contributed by atoms with van der Waals surface area (Å²) in [6.07, 6.45) is 1.44. The maximum atomic E-state index is 12.0. The minimum atomic E-state index is -0.607. The molecule has 2 aromatic rings. The molecule has 1 amide bonds. The minimum Gasteiger partial charge on any atom is -0.341 e. The van der Waals surface area contributed by atoms with Gasteiger partial charge in [0.25, 0.3) is 5.91 Å². The van der Waals surface area contributed by atoms with Crippen molar-refractivity contribution in [2.75, 3.05) is 5.88 Å². The Morgan fingerprint density at radius 3 is 2.72 bits per heavy atom. The molecule has 2 rings (SSSR count). The fraction of sp³-hybridized carbons (Fsp3) is 0.250. The molecule has 18 heavy (non-hydrogen) atoms. The number of nitrogens with zero attached hydrogens (tertiary/aromatic N) is 2. The summed E-state index contributed by atoms with van der Waals surface area (Å²) < 4.78 is 3.67. The van der Waals surface area contributed by atoms with Crippen LogP contribution in [0.2, 0.25) is 0 Å². The van der Waals surface area contributed by atoms with Crippen LogP contribution in [-0.2, 0) is 5.54 Å². The van der Waals surface area contributed by atoms with E-state index in [1.54, 1.807) is 0 Å². The van der Waals surface area contributed by atoms with Crippen molar-refractivity contribution in [3.8, 4) is 0 Å². The van der Waals surface area contributed by atoms with Gasteiger partial charge in [-0.05, 0) is 24.0 Å². The summed E-state index contributed by atoms with van der Waals surface area (Å²) in [5.41, 5.74) is 0.356. The van der Waals surface area contributed by atoms with Crippen molar-refractivity contribution >= 4 is 29.0 Å². The molecule has 0 saturated carbocycles. The van der Waals surface area contributed by atoms with Crippen molar-refractivity contribution in [3.05, 3.63) is 47.0 Å². The Morgan fingerprint density at radius 2 is 2.17 bits per heavy atom. The lowest BCUT2D eigenvalue weighted by Crippen LogP contribution is -2.44. The van der Waals surface area contributed by atoms with Crippen LogP contribution in [0.15, 0.2) is 36.5 Å². The summed E-state index contributed by atoms with van der Waals surface area (Å²) in [5, 5.41) is 6.57. The van der Waals surface area contributed by atoms with Crippen molar-refractivity contribution in [1.29, 1.82) is 0 Å². The Balaban J connectivity index is 2.21. The highest BCUT2D eigenvalue weighted by Crippen LogP contribution is 2.22. The van der Waals surface area contributed by atoms with Crippen LogP contribution in [0.25, 0.3) is 0 Å². The summed E-state index contributed by atoms with van der Waals surface area (Å²) in [5.74, 6) is 0.0756. The van der Waals surface area contributed by atoms with E-state index in [1.165, 1.54) is 6.20 Å². The maximum absolute atomic E-state index is 12.0. The Bertz CT molecular complexity index is 517. The lowest BCUT2D eigenvalue weighted by atomic mass is 9.94. The van der Waals surface area contributed by atoms with E-state index in [9.17, 15) is 4.79 Å². The number of carbonyl (C=O) groups is 1. The molecular weight excluding hydrogens is 270 g/mol. The first kappa shape index (κ1) is 13.0. The fourth-order valence-electron chi connectivity index (χ4n) is 1.57. The molecule has 4 nitrogen and oxygen atoms in total. The number of alkyl halides is 1. The van der Waals surface area contributed by atoms with E-state index in [1.807, 2.05) is 37.3 Å². The molecule has 6 heteroatoms. The number of hydrogen-bond donors (Lipinski definition) is 1. The molecule has 1 unspecified atom stereocenters. The maximum Gasteiger partial charge on any atom is 0.265 e. The standard InChI is InChI=1S/C12H12ClN3OS/c1-12(8-13,9-5-3-2-4-6-9)15-11(17)10-7-14-16-18-10/h2-7H,8H2,1H3,(H,15,17). The van der Waals surface area contributed by atoms with E-state index in [4.69, 9.17) is 11.6 Å². The van der Waals surface area contributed by atoms with E-state index >= 15 is 0 Å². The van der Waals surface area contributed by atoms with Crippen LogP contribution in [0.4, 0.5) is 0 Å². The van der Waals surface area contributed by atoms with Gasteiger partial charge < -0.3 is 5.32 Å². The highest BCUT2D eigenvalue weighted by atomic mass is 35.5. The van der Waals surface area contributed by atoms with Crippen molar-refractivity contribution in [2.45, 2.75) is 12.5 Å².